The molecule has 0 aliphatic rings. The molecule has 0 radical (unpaired) electrons. The maximum absolute atomic E-state index is 12.0. The van der Waals surface area contributed by atoms with Crippen molar-refractivity contribution in [1.29, 1.82) is 0 Å². The lowest BCUT2D eigenvalue weighted by Gasteiger charge is -2.06. The molecule has 0 aliphatic carbocycles. The SMILES string of the molecule is O=S(=O)(Nc1ncccn1)c1cc(Cl)cc(Cl)c1. The first-order chi connectivity index (χ1) is 8.47. The van der Waals surface area contributed by atoms with E-state index in [4.69, 9.17) is 23.2 Å². The van der Waals surface area contributed by atoms with E-state index in [0.29, 0.717) is 0 Å². The number of nitrogens with zero attached hydrogens (tertiary/aromatic N) is 2. The zero-order valence-corrected chi connectivity index (χ0v) is 11.2. The molecule has 2 aromatic rings. The molecule has 0 unspecified atom stereocenters. The van der Waals surface area contributed by atoms with E-state index < -0.39 is 10.0 Å². The van der Waals surface area contributed by atoms with Crippen molar-refractivity contribution in [2.75, 3.05) is 4.72 Å². The summed E-state index contributed by atoms with van der Waals surface area (Å²) in [4.78, 5) is 7.49. The monoisotopic (exact) mass is 303 g/mol. The third-order valence-electron chi connectivity index (χ3n) is 1.94. The lowest BCUT2D eigenvalue weighted by atomic mass is 10.4. The Labute approximate surface area is 114 Å². The molecule has 0 amide bonds. The highest BCUT2D eigenvalue weighted by atomic mass is 35.5. The van der Waals surface area contributed by atoms with Gasteiger partial charge in [0.1, 0.15) is 0 Å². The van der Waals surface area contributed by atoms with Crippen LogP contribution in [0.4, 0.5) is 5.95 Å². The molecule has 0 saturated heterocycles. The normalized spacial score (nSPS) is 11.2. The largest absolute Gasteiger partial charge is 0.264 e. The Kier molecular flexibility index (Phi) is 3.70. The van der Waals surface area contributed by atoms with Crippen LogP contribution in [0.25, 0.3) is 0 Å². The number of aromatic nitrogens is 2. The van der Waals surface area contributed by atoms with Crippen LogP contribution in [0.2, 0.25) is 10.0 Å². The number of halogens is 2. The van der Waals surface area contributed by atoms with Crippen molar-refractivity contribution in [1.82, 2.24) is 9.97 Å². The minimum absolute atomic E-state index is 0.0198. The van der Waals surface area contributed by atoms with Crippen molar-refractivity contribution in [3.63, 3.8) is 0 Å². The van der Waals surface area contributed by atoms with Gasteiger partial charge < -0.3 is 0 Å². The Bertz CT molecular complexity index is 642. The average Bonchev–Trinajstić information content (AvgIpc) is 2.28. The van der Waals surface area contributed by atoms with Crippen LogP contribution in [0.15, 0.2) is 41.6 Å². The van der Waals surface area contributed by atoms with Gasteiger partial charge in [-0.1, -0.05) is 23.2 Å². The van der Waals surface area contributed by atoms with Gasteiger partial charge in [0, 0.05) is 22.4 Å². The third-order valence-corrected chi connectivity index (χ3v) is 3.68. The van der Waals surface area contributed by atoms with Crippen LogP contribution in [0.3, 0.4) is 0 Å². The van der Waals surface area contributed by atoms with Crippen LogP contribution in [0.1, 0.15) is 0 Å². The topological polar surface area (TPSA) is 72.0 Å². The molecule has 0 atom stereocenters. The lowest BCUT2D eigenvalue weighted by Crippen LogP contribution is -2.14. The second-order valence-corrected chi connectivity index (χ2v) is 5.84. The second kappa shape index (κ2) is 5.09. The molecule has 2 rings (SSSR count). The van der Waals surface area contributed by atoms with Crippen LogP contribution in [0.5, 0.6) is 0 Å². The van der Waals surface area contributed by atoms with Crippen LogP contribution in [-0.2, 0) is 10.0 Å². The van der Waals surface area contributed by atoms with Crippen molar-refractivity contribution < 1.29 is 8.42 Å². The zero-order valence-electron chi connectivity index (χ0n) is 8.84. The van der Waals surface area contributed by atoms with Gasteiger partial charge in [0.25, 0.3) is 10.0 Å². The van der Waals surface area contributed by atoms with Crippen molar-refractivity contribution in [2.24, 2.45) is 0 Å². The predicted octanol–water partition coefficient (Wildman–Crippen LogP) is 2.58. The molecule has 0 aliphatic heterocycles. The van der Waals surface area contributed by atoms with Crippen LogP contribution >= 0.6 is 23.2 Å². The summed E-state index contributed by atoms with van der Waals surface area (Å²) < 4.78 is 26.2. The van der Waals surface area contributed by atoms with Crippen molar-refractivity contribution in [2.45, 2.75) is 4.90 Å². The van der Waals surface area contributed by atoms with Gasteiger partial charge in [-0.25, -0.2) is 23.1 Å². The fourth-order valence-corrected chi connectivity index (χ4v) is 2.90. The number of hydrogen-bond donors (Lipinski definition) is 1. The van der Waals surface area contributed by atoms with E-state index in [1.165, 1.54) is 30.6 Å². The van der Waals surface area contributed by atoms with E-state index in [9.17, 15) is 8.42 Å². The maximum atomic E-state index is 12.0. The second-order valence-electron chi connectivity index (χ2n) is 3.28. The molecule has 8 heteroatoms. The molecular weight excluding hydrogens is 297 g/mol. The summed E-state index contributed by atoms with van der Waals surface area (Å²) in [5, 5.41) is 0.466. The number of rotatable bonds is 3. The van der Waals surface area contributed by atoms with E-state index in [1.54, 1.807) is 6.07 Å². The van der Waals surface area contributed by atoms with Gasteiger partial charge in [0.2, 0.25) is 5.95 Å². The van der Waals surface area contributed by atoms with E-state index in [1.807, 2.05) is 0 Å². The van der Waals surface area contributed by atoms with E-state index in [2.05, 4.69) is 14.7 Å². The fraction of sp³-hybridized carbons (Fsp3) is 0. The maximum Gasteiger partial charge on any atom is 0.264 e. The van der Waals surface area contributed by atoms with Gasteiger partial charge in [-0.15, -0.1) is 0 Å². The number of benzene rings is 1. The van der Waals surface area contributed by atoms with Crippen molar-refractivity contribution >= 4 is 39.2 Å². The van der Waals surface area contributed by atoms with Gasteiger partial charge in [0.15, 0.2) is 0 Å². The highest BCUT2D eigenvalue weighted by Crippen LogP contribution is 2.23. The summed E-state index contributed by atoms with van der Waals surface area (Å²) in [5.74, 6) is -0.0198. The van der Waals surface area contributed by atoms with Gasteiger partial charge in [-0.2, -0.15) is 0 Å². The summed E-state index contributed by atoms with van der Waals surface area (Å²) in [7, 11) is -3.80. The first-order valence-corrected chi connectivity index (χ1v) is 6.97. The molecule has 1 aromatic carbocycles. The van der Waals surface area contributed by atoms with Crippen LogP contribution in [0, 0.1) is 0 Å². The average molecular weight is 304 g/mol. The third kappa shape index (κ3) is 3.10. The molecule has 0 spiro atoms. The highest BCUT2D eigenvalue weighted by Gasteiger charge is 2.16. The van der Waals surface area contributed by atoms with Crippen LogP contribution < -0.4 is 4.72 Å². The number of hydrogen-bond acceptors (Lipinski definition) is 4. The first-order valence-electron chi connectivity index (χ1n) is 4.73. The van der Waals surface area contributed by atoms with Gasteiger partial charge in [-0.3, -0.25) is 0 Å². The molecule has 1 heterocycles. The van der Waals surface area contributed by atoms with Crippen molar-refractivity contribution in [3.05, 3.63) is 46.7 Å². The number of nitrogens with one attached hydrogen (secondary N) is 1. The Morgan fingerprint density at radius 3 is 2.11 bits per heavy atom. The Balaban J connectivity index is 2.37. The molecule has 0 saturated carbocycles. The van der Waals surface area contributed by atoms with E-state index in [0.717, 1.165) is 0 Å². The Hall–Kier alpha value is -1.37. The molecule has 18 heavy (non-hydrogen) atoms. The smallest absolute Gasteiger partial charge is 0.247 e. The van der Waals surface area contributed by atoms with E-state index in [-0.39, 0.29) is 20.9 Å². The van der Waals surface area contributed by atoms with Gasteiger partial charge in [0.05, 0.1) is 4.90 Å². The summed E-state index contributed by atoms with van der Waals surface area (Å²) in [6.07, 6.45) is 2.85. The highest BCUT2D eigenvalue weighted by molar-refractivity contribution is 7.92. The quantitative estimate of drug-likeness (QED) is 0.946. The summed E-state index contributed by atoms with van der Waals surface area (Å²) in [6, 6.07) is 5.60. The molecule has 5 nitrogen and oxygen atoms in total. The summed E-state index contributed by atoms with van der Waals surface area (Å²) in [5.41, 5.74) is 0. The fourth-order valence-electron chi connectivity index (χ4n) is 1.21. The van der Waals surface area contributed by atoms with E-state index >= 15 is 0 Å². The van der Waals surface area contributed by atoms with Gasteiger partial charge >= 0.3 is 0 Å². The molecule has 0 bridgehead atoms. The predicted molar refractivity (Wildman–Crippen MR) is 69.3 cm³/mol. The zero-order chi connectivity index (χ0) is 13.2. The lowest BCUT2D eigenvalue weighted by molar-refractivity contribution is 0.601. The number of sulfonamides is 1. The molecular formula is C10H7Cl2N3O2S. The molecule has 1 aromatic heterocycles. The molecule has 94 valence electrons. The van der Waals surface area contributed by atoms with Gasteiger partial charge in [-0.05, 0) is 24.3 Å². The molecule has 0 fully saturated rings. The summed E-state index contributed by atoms with van der Waals surface area (Å²) in [6.45, 7) is 0. The minimum Gasteiger partial charge on any atom is -0.247 e. The van der Waals surface area contributed by atoms with Crippen molar-refractivity contribution in [3.8, 4) is 0 Å². The Morgan fingerprint density at radius 1 is 1.00 bits per heavy atom. The first kappa shape index (κ1) is 13.1. The summed E-state index contributed by atoms with van der Waals surface area (Å²) >= 11 is 11.5. The standard InChI is InChI=1S/C10H7Cl2N3O2S/c11-7-4-8(12)6-9(5-7)18(16,17)15-10-13-2-1-3-14-10/h1-6H,(H,13,14,15). The van der Waals surface area contributed by atoms with Crippen LogP contribution in [-0.4, -0.2) is 18.4 Å². The molecule has 1 N–H and O–H groups in total. The number of anilines is 1. The Morgan fingerprint density at radius 2 is 1.56 bits per heavy atom. The minimum atomic E-state index is -3.80.